The number of aliphatic hydroxyl groups excluding tert-OH is 1. The maximum absolute atomic E-state index is 12.4. The number of β-amino-alcohol motifs (C(OH)–C–C–N with tert-alkyl or cyclic N) is 1. The number of halogens is 1. The molecule has 2 heterocycles. The largest absolute Gasteiger partial charge is 0.486 e. The van der Waals surface area contributed by atoms with Crippen LogP contribution in [0.15, 0.2) is 69.6 Å². The van der Waals surface area contributed by atoms with E-state index in [2.05, 4.69) is 44.3 Å². The van der Waals surface area contributed by atoms with Crippen molar-refractivity contribution in [3.05, 3.63) is 87.8 Å². The number of carbonyl (C=O) groups excluding carboxylic acids is 1. The zero-order valence-electron chi connectivity index (χ0n) is 17.1. The average Bonchev–Trinajstić information content (AvgIpc) is 3.25. The molecule has 0 saturated carbocycles. The van der Waals surface area contributed by atoms with Gasteiger partial charge < -0.3 is 19.6 Å². The molecule has 2 N–H and O–H groups in total. The Morgan fingerprint density at radius 2 is 2.00 bits per heavy atom. The van der Waals surface area contributed by atoms with Crippen molar-refractivity contribution in [2.45, 2.75) is 25.7 Å². The van der Waals surface area contributed by atoms with E-state index < -0.39 is 6.10 Å². The van der Waals surface area contributed by atoms with E-state index in [-0.39, 0.29) is 24.8 Å². The number of hydrogen-bond donors (Lipinski definition) is 2. The van der Waals surface area contributed by atoms with Gasteiger partial charge in [0.25, 0.3) is 5.91 Å². The first-order chi connectivity index (χ1) is 15.1. The number of nitrogens with one attached hydrogen (secondary N) is 1. The topological polar surface area (TPSA) is 74.9 Å². The van der Waals surface area contributed by atoms with Gasteiger partial charge in [-0.3, -0.25) is 9.69 Å². The number of aliphatic hydroxyl groups is 1. The number of hydrogen-bond acceptors (Lipinski definition) is 5. The minimum Gasteiger partial charge on any atom is -0.486 e. The number of carbonyl (C=O) groups is 1. The van der Waals surface area contributed by atoms with Crippen molar-refractivity contribution < 1.29 is 19.1 Å². The summed E-state index contributed by atoms with van der Waals surface area (Å²) in [6.45, 7) is 2.63. The van der Waals surface area contributed by atoms with Crippen molar-refractivity contribution in [2.24, 2.45) is 0 Å². The summed E-state index contributed by atoms with van der Waals surface area (Å²) < 4.78 is 12.2. The van der Waals surface area contributed by atoms with Gasteiger partial charge in [-0.05, 0) is 47.9 Å². The number of nitrogens with zero attached hydrogens (tertiary/aromatic N) is 1. The second-order valence-corrected chi connectivity index (χ2v) is 8.55. The molecule has 1 aromatic heterocycles. The summed E-state index contributed by atoms with van der Waals surface area (Å²) in [4.78, 5) is 14.6. The molecule has 1 aliphatic heterocycles. The van der Waals surface area contributed by atoms with Crippen molar-refractivity contribution in [3.63, 3.8) is 0 Å². The van der Waals surface area contributed by atoms with Crippen LogP contribution in [0.25, 0.3) is 0 Å². The van der Waals surface area contributed by atoms with Crippen LogP contribution in [-0.2, 0) is 19.6 Å². The minimum atomic E-state index is -0.650. The smallest absolute Gasteiger partial charge is 0.287 e. The summed E-state index contributed by atoms with van der Waals surface area (Å²) in [6, 6.07) is 19.2. The van der Waals surface area contributed by atoms with E-state index in [0.29, 0.717) is 18.1 Å². The van der Waals surface area contributed by atoms with E-state index in [4.69, 9.17) is 9.15 Å². The third kappa shape index (κ3) is 5.97. The fourth-order valence-corrected chi connectivity index (χ4v) is 4.04. The molecule has 0 saturated heterocycles. The summed E-state index contributed by atoms with van der Waals surface area (Å²) in [7, 11) is 0. The number of rotatable bonds is 8. The maximum Gasteiger partial charge on any atom is 0.287 e. The van der Waals surface area contributed by atoms with Crippen LogP contribution in [0.5, 0.6) is 5.75 Å². The van der Waals surface area contributed by atoms with Gasteiger partial charge >= 0.3 is 0 Å². The van der Waals surface area contributed by atoms with Gasteiger partial charge in [0.1, 0.15) is 18.1 Å². The standard InChI is InChI=1S/C24H25BrN2O4/c25-19-6-3-7-21(12-19)30-16-22-8-9-23(31-22)24(29)26-13-20(28)15-27-11-10-17-4-1-2-5-18(17)14-27/h1-9,12,20,28H,10-11,13-16H2,(H,26,29)/t20-/m1/s1. The zero-order chi connectivity index (χ0) is 21.6. The van der Waals surface area contributed by atoms with E-state index in [1.165, 1.54) is 11.1 Å². The van der Waals surface area contributed by atoms with E-state index in [1.54, 1.807) is 12.1 Å². The molecule has 1 atom stereocenters. The van der Waals surface area contributed by atoms with Gasteiger partial charge in [-0.15, -0.1) is 0 Å². The Labute approximate surface area is 190 Å². The number of benzene rings is 2. The first kappa shape index (κ1) is 21.6. The number of fused-ring (bicyclic) bond motifs is 1. The highest BCUT2D eigenvalue weighted by atomic mass is 79.9. The quantitative estimate of drug-likeness (QED) is 0.508. The van der Waals surface area contributed by atoms with Crippen molar-refractivity contribution in [2.75, 3.05) is 19.6 Å². The Bertz CT molecular complexity index is 1040. The van der Waals surface area contributed by atoms with E-state index in [0.717, 1.165) is 24.0 Å². The van der Waals surface area contributed by atoms with Crippen molar-refractivity contribution >= 4 is 21.8 Å². The second kappa shape index (κ2) is 10.1. The lowest BCUT2D eigenvalue weighted by Crippen LogP contribution is -2.42. The van der Waals surface area contributed by atoms with Crippen LogP contribution < -0.4 is 10.1 Å². The van der Waals surface area contributed by atoms with Gasteiger partial charge in [0.2, 0.25) is 0 Å². The van der Waals surface area contributed by atoms with Crippen molar-refractivity contribution in [1.82, 2.24) is 10.2 Å². The molecule has 0 spiro atoms. The van der Waals surface area contributed by atoms with E-state index in [1.807, 2.05) is 30.3 Å². The lowest BCUT2D eigenvalue weighted by atomic mass is 10.00. The Morgan fingerprint density at radius 1 is 1.16 bits per heavy atom. The molecule has 3 aromatic rings. The molecule has 2 aromatic carbocycles. The predicted molar refractivity (Wildman–Crippen MR) is 121 cm³/mol. The summed E-state index contributed by atoms with van der Waals surface area (Å²) in [5, 5.41) is 13.1. The van der Waals surface area contributed by atoms with Crippen LogP contribution in [0.3, 0.4) is 0 Å². The van der Waals surface area contributed by atoms with Gasteiger partial charge in [0.15, 0.2) is 5.76 Å². The minimum absolute atomic E-state index is 0.168. The normalized spacial score (nSPS) is 14.6. The third-order valence-electron chi connectivity index (χ3n) is 5.24. The molecule has 162 valence electrons. The SMILES string of the molecule is O=C(NC[C@@H](O)CN1CCc2ccccc2C1)c1ccc(COc2cccc(Br)c2)o1. The van der Waals surface area contributed by atoms with Gasteiger partial charge in [0.05, 0.1) is 6.10 Å². The number of furan rings is 1. The number of amides is 1. The van der Waals surface area contributed by atoms with Crippen LogP contribution in [0.1, 0.15) is 27.4 Å². The monoisotopic (exact) mass is 484 g/mol. The van der Waals surface area contributed by atoms with E-state index >= 15 is 0 Å². The third-order valence-corrected chi connectivity index (χ3v) is 5.73. The predicted octanol–water partition coefficient (Wildman–Crippen LogP) is 3.77. The highest BCUT2D eigenvalue weighted by Gasteiger charge is 2.19. The van der Waals surface area contributed by atoms with Crippen LogP contribution >= 0.6 is 15.9 Å². The molecule has 0 bridgehead atoms. The average molecular weight is 485 g/mol. The fourth-order valence-electron chi connectivity index (χ4n) is 3.66. The Hall–Kier alpha value is -2.61. The molecule has 0 radical (unpaired) electrons. The lowest BCUT2D eigenvalue weighted by molar-refractivity contribution is 0.0818. The highest BCUT2D eigenvalue weighted by molar-refractivity contribution is 9.10. The Balaban J connectivity index is 1.22. The highest BCUT2D eigenvalue weighted by Crippen LogP contribution is 2.20. The molecule has 1 amide bonds. The second-order valence-electron chi connectivity index (χ2n) is 7.63. The van der Waals surface area contributed by atoms with Gasteiger partial charge in [-0.1, -0.05) is 46.3 Å². The lowest BCUT2D eigenvalue weighted by Gasteiger charge is -2.30. The first-order valence-corrected chi connectivity index (χ1v) is 11.1. The van der Waals surface area contributed by atoms with Gasteiger partial charge in [-0.2, -0.15) is 0 Å². The van der Waals surface area contributed by atoms with Gasteiger partial charge in [0, 0.05) is 30.7 Å². The Kier molecular flexibility index (Phi) is 7.06. The van der Waals surface area contributed by atoms with Crippen LogP contribution in [0.4, 0.5) is 0 Å². The molecule has 6 nitrogen and oxygen atoms in total. The maximum atomic E-state index is 12.4. The van der Waals surface area contributed by atoms with Crippen molar-refractivity contribution in [3.8, 4) is 5.75 Å². The van der Waals surface area contributed by atoms with Crippen molar-refractivity contribution in [1.29, 1.82) is 0 Å². The molecule has 0 unspecified atom stereocenters. The summed E-state index contributed by atoms with van der Waals surface area (Å²) in [6.07, 6.45) is 0.329. The molecular formula is C24H25BrN2O4. The van der Waals surface area contributed by atoms with Crippen LogP contribution in [0, 0.1) is 0 Å². The molecule has 1 aliphatic rings. The fraction of sp³-hybridized carbons (Fsp3) is 0.292. The molecule has 31 heavy (non-hydrogen) atoms. The molecule has 4 rings (SSSR count). The zero-order valence-corrected chi connectivity index (χ0v) is 18.7. The first-order valence-electron chi connectivity index (χ1n) is 10.3. The summed E-state index contributed by atoms with van der Waals surface area (Å²) in [5.74, 6) is 1.11. The van der Waals surface area contributed by atoms with Crippen LogP contribution in [-0.4, -0.2) is 41.7 Å². The molecule has 7 heteroatoms. The molecule has 0 aliphatic carbocycles. The summed E-state index contributed by atoms with van der Waals surface area (Å²) >= 11 is 3.40. The molecular weight excluding hydrogens is 460 g/mol. The Morgan fingerprint density at radius 3 is 2.84 bits per heavy atom. The van der Waals surface area contributed by atoms with Gasteiger partial charge in [-0.25, -0.2) is 0 Å². The number of ether oxygens (including phenoxy) is 1. The van der Waals surface area contributed by atoms with E-state index in [9.17, 15) is 9.90 Å². The molecule has 0 fully saturated rings. The summed E-state index contributed by atoms with van der Waals surface area (Å²) in [5.41, 5.74) is 2.68. The van der Waals surface area contributed by atoms with Crippen LogP contribution in [0.2, 0.25) is 0 Å².